The highest BCUT2D eigenvalue weighted by molar-refractivity contribution is 9.09. The number of nitrogens with zero attached hydrogens (tertiary/aromatic N) is 3. The molecule has 0 radical (unpaired) electrons. The first kappa shape index (κ1) is 13.6. The average molecular weight is 338 g/mol. The molecule has 2 aromatic rings. The van der Waals surface area contributed by atoms with Crippen LogP contribution in [-0.2, 0) is 11.3 Å². The van der Waals surface area contributed by atoms with E-state index in [1.165, 1.54) is 0 Å². The monoisotopic (exact) mass is 337 g/mol. The summed E-state index contributed by atoms with van der Waals surface area (Å²) in [5.74, 6) is 0.0466. The predicted molar refractivity (Wildman–Crippen MR) is 80.2 cm³/mol. The zero-order chi connectivity index (χ0) is 13.9. The Bertz CT molecular complexity index is 620. The third kappa shape index (κ3) is 2.45. The van der Waals surface area contributed by atoms with Gasteiger partial charge in [0.15, 0.2) is 0 Å². The van der Waals surface area contributed by atoms with Gasteiger partial charge < -0.3 is 14.2 Å². The fourth-order valence-corrected chi connectivity index (χ4v) is 2.87. The van der Waals surface area contributed by atoms with Crippen LogP contribution in [-0.4, -0.2) is 52.0 Å². The number of morpholine rings is 1. The second-order valence-corrected chi connectivity index (χ2v) is 5.49. The van der Waals surface area contributed by atoms with Crippen molar-refractivity contribution in [2.24, 2.45) is 0 Å². The van der Waals surface area contributed by atoms with Gasteiger partial charge in [-0.05, 0) is 12.1 Å². The van der Waals surface area contributed by atoms with E-state index in [1.54, 1.807) is 6.20 Å². The molecule has 1 saturated heterocycles. The number of hydrogen-bond donors (Lipinski definition) is 0. The van der Waals surface area contributed by atoms with Gasteiger partial charge in [-0.3, -0.25) is 9.78 Å². The van der Waals surface area contributed by atoms with Crippen molar-refractivity contribution in [3.8, 4) is 0 Å². The van der Waals surface area contributed by atoms with Crippen LogP contribution in [0.3, 0.4) is 0 Å². The normalized spacial score (nSPS) is 15.8. The van der Waals surface area contributed by atoms with Crippen molar-refractivity contribution >= 4 is 32.9 Å². The minimum absolute atomic E-state index is 0.0466. The van der Waals surface area contributed by atoms with Crippen molar-refractivity contribution < 1.29 is 9.53 Å². The summed E-state index contributed by atoms with van der Waals surface area (Å²) in [5, 5.41) is 0.844. The van der Waals surface area contributed by atoms with E-state index in [4.69, 9.17) is 4.74 Å². The van der Waals surface area contributed by atoms with E-state index < -0.39 is 0 Å². The van der Waals surface area contributed by atoms with Crippen molar-refractivity contribution in [2.75, 3.05) is 31.6 Å². The van der Waals surface area contributed by atoms with Crippen LogP contribution in [0.2, 0.25) is 0 Å². The van der Waals surface area contributed by atoms with E-state index >= 15 is 0 Å². The second-order valence-electron chi connectivity index (χ2n) is 4.70. The maximum absolute atomic E-state index is 12.6. The molecule has 6 heteroatoms. The quantitative estimate of drug-likeness (QED) is 0.803. The Balaban J connectivity index is 1.99. The number of alkyl halides is 1. The van der Waals surface area contributed by atoms with E-state index in [-0.39, 0.29) is 5.91 Å². The highest BCUT2D eigenvalue weighted by atomic mass is 79.9. The molecule has 0 N–H and O–H groups in total. The number of fused-ring (bicyclic) bond motifs is 1. The fourth-order valence-electron chi connectivity index (χ4n) is 2.49. The zero-order valence-corrected chi connectivity index (χ0v) is 12.7. The number of amides is 1. The number of aryl methyl sites for hydroxylation is 1. The van der Waals surface area contributed by atoms with Crippen LogP contribution in [0.15, 0.2) is 24.5 Å². The number of pyridine rings is 1. The van der Waals surface area contributed by atoms with Gasteiger partial charge in [0.2, 0.25) is 0 Å². The van der Waals surface area contributed by atoms with E-state index in [9.17, 15) is 4.79 Å². The van der Waals surface area contributed by atoms with Gasteiger partial charge in [-0.25, -0.2) is 0 Å². The Morgan fingerprint density at radius 3 is 2.95 bits per heavy atom. The minimum Gasteiger partial charge on any atom is -0.378 e. The maximum atomic E-state index is 12.6. The molecule has 3 heterocycles. The smallest absolute Gasteiger partial charge is 0.257 e. The lowest BCUT2D eigenvalue weighted by Crippen LogP contribution is -2.40. The van der Waals surface area contributed by atoms with E-state index in [0.29, 0.717) is 31.9 Å². The molecular weight excluding hydrogens is 322 g/mol. The molecule has 1 aliphatic heterocycles. The summed E-state index contributed by atoms with van der Waals surface area (Å²) < 4.78 is 7.37. The standard InChI is InChI=1S/C14H16BrN3O2/c15-3-5-18-10-11(13-12(18)2-1-4-16-13)14(19)17-6-8-20-9-7-17/h1-2,4,10H,3,5-9H2. The molecule has 0 atom stereocenters. The minimum atomic E-state index is 0.0466. The van der Waals surface area contributed by atoms with Crippen LogP contribution in [0, 0.1) is 0 Å². The third-order valence-electron chi connectivity index (χ3n) is 3.49. The summed E-state index contributed by atoms with van der Waals surface area (Å²) in [5.41, 5.74) is 2.47. The van der Waals surface area contributed by atoms with Gasteiger partial charge in [-0.15, -0.1) is 0 Å². The lowest BCUT2D eigenvalue weighted by molar-refractivity contribution is 0.0304. The topological polar surface area (TPSA) is 47.4 Å². The highest BCUT2D eigenvalue weighted by Crippen LogP contribution is 2.21. The summed E-state index contributed by atoms with van der Waals surface area (Å²) in [6.07, 6.45) is 3.65. The van der Waals surface area contributed by atoms with Gasteiger partial charge in [0.1, 0.15) is 5.52 Å². The molecule has 0 spiro atoms. The fraction of sp³-hybridized carbons (Fsp3) is 0.429. The van der Waals surface area contributed by atoms with Gasteiger partial charge in [0.25, 0.3) is 5.91 Å². The van der Waals surface area contributed by atoms with Gasteiger partial charge in [0, 0.05) is 37.4 Å². The van der Waals surface area contributed by atoms with Crippen LogP contribution < -0.4 is 0 Å². The Labute approximate surface area is 125 Å². The first-order chi connectivity index (χ1) is 9.81. The zero-order valence-electron chi connectivity index (χ0n) is 11.1. The number of ether oxygens (including phenoxy) is 1. The Morgan fingerprint density at radius 2 is 2.20 bits per heavy atom. The van der Waals surface area contributed by atoms with Gasteiger partial charge >= 0.3 is 0 Å². The van der Waals surface area contributed by atoms with Crippen LogP contribution in [0.25, 0.3) is 11.0 Å². The molecule has 0 aromatic carbocycles. The van der Waals surface area contributed by atoms with Crippen molar-refractivity contribution in [1.82, 2.24) is 14.5 Å². The number of carbonyl (C=O) groups is 1. The summed E-state index contributed by atoms with van der Waals surface area (Å²) >= 11 is 3.44. The molecule has 20 heavy (non-hydrogen) atoms. The molecular formula is C14H16BrN3O2. The SMILES string of the molecule is O=C(c1cn(CCBr)c2cccnc12)N1CCOCC1. The van der Waals surface area contributed by atoms with Crippen LogP contribution in [0.5, 0.6) is 0 Å². The van der Waals surface area contributed by atoms with Crippen LogP contribution >= 0.6 is 15.9 Å². The molecule has 3 rings (SSSR count). The van der Waals surface area contributed by atoms with Crippen molar-refractivity contribution in [2.45, 2.75) is 6.54 Å². The van der Waals surface area contributed by atoms with Gasteiger partial charge in [-0.1, -0.05) is 15.9 Å². The predicted octanol–water partition coefficient (Wildman–Crippen LogP) is 1.90. The molecule has 106 valence electrons. The molecule has 0 saturated carbocycles. The first-order valence-corrected chi connectivity index (χ1v) is 7.80. The number of carbonyl (C=O) groups excluding carboxylic acids is 1. The Hall–Kier alpha value is -1.40. The summed E-state index contributed by atoms with van der Waals surface area (Å²) in [4.78, 5) is 18.9. The van der Waals surface area contributed by atoms with E-state index in [1.807, 2.05) is 23.2 Å². The number of halogens is 1. The molecule has 2 aromatic heterocycles. The van der Waals surface area contributed by atoms with Crippen molar-refractivity contribution in [3.63, 3.8) is 0 Å². The van der Waals surface area contributed by atoms with E-state index in [2.05, 4.69) is 25.5 Å². The van der Waals surface area contributed by atoms with E-state index in [0.717, 1.165) is 22.9 Å². The lowest BCUT2D eigenvalue weighted by atomic mass is 10.2. The molecule has 0 bridgehead atoms. The van der Waals surface area contributed by atoms with Gasteiger partial charge in [-0.2, -0.15) is 0 Å². The molecule has 1 fully saturated rings. The largest absolute Gasteiger partial charge is 0.378 e. The maximum Gasteiger partial charge on any atom is 0.257 e. The third-order valence-corrected chi connectivity index (χ3v) is 3.84. The molecule has 1 amide bonds. The number of hydrogen-bond acceptors (Lipinski definition) is 3. The Kier molecular flexibility index (Phi) is 4.03. The summed E-state index contributed by atoms with van der Waals surface area (Å²) in [6, 6.07) is 3.90. The summed E-state index contributed by atoms with van der Waals surface area (Å²) in [6.45, 7) is 3.34. The lowest BCUT2D eigenvalue weighted by Gasteiger charge is -2.26. The molecule has 0 aliphatic carbocycles. The second kappa shape index (κ2) is 5.93. The summed E-state index contributed by atoms with van der Waals surface area (Å²) in [7, 11) is 0. The van der Waals surface area contributed by atoms with Gasteiger partial charge in [0.05, 0.1) is 24.3 Å². The van der Waals surface area contributed by atoms with Crippen molar-refractivity contribution in [1.29, 1.82) is 0 Å². The van der Waals surface area contributed by atoms with Crippen LogP contribution in [0.1, 0.15) is 10.4 Å². The highest BCUT2D eigenvalue weighted by Gasteiger charge is 2.23. The average Bonchev–Trinajstić information content (AvgIpc) is 2.87. The number of aromatic nitrogens is 2. The molecule has 5 nitrogen and oxygen atoms in total. The van der Waals surface area contributed by atoms with Crippen molar-refractivity contribution in [3.05, 3.63) is 30.1 Å². The number of rotatable bonds is 3. The van der Waals surface area contributed by atoms with Crippen LogP contribution in [0.4, 0.5) is 0 Å². The molecule has 0 unspecified atom stereocenters. The Morgan fingerprint density at radius 1 is 1.40 bits per heavy atom. The molecule has 1 aliphatic rings. The first-order valence-electron chi connectivity index (χ1n) is 6.68.